The molecule has 0 aliphatic heterocycles. The van der Waals surface area contributed by atoms with Gasteiger partial charge in [-0.05, 0) is 24.1 Å². The van der Waals surface area contributed by atoms with Gasteiger partial charge in [0.25, 0.3) is 11.5 Å². The highest BCUT2D eigenvalue weighted by molar-refractivity contribution is 5.92. The van der Waals surface area contributed by atoms with Gasteiger partial charge in [0.2, 0.25) is 0 Å². The van der Waals surface area contributed by atoms with E-state index in [4.69, 9.17) is 4.74 Å². The minimum Gasteiger partial charge on any atom is -0.383 e. The van der Waals surface area contributed by atoms with Gasteiger partial charge in [0.15, 0.2) is 0 Å². The van der Waals surface area contributed by atoms with E-state index in [9.17, 15) is 9.59 Å². The van der Waals surface area contributed by atoms with Gasteiger partial charge in [0.1, 0.15) is 5.69 Å². The largest absolute Gasteiger partial charge is 0.383 e. The maximum atomic E-state index is 12.4. The van der Waals surface area contributed by atoms with Crippen LogP contribution in [0, 0.1) is 6.92 Å². The lowest BCUT2D eigenvalue weighted by molar-refractivity contribution is 0.0937. The lowest BCUT2D eigenvalue weighted by Crippen LogP contribution is -2.38. The SMILES string of the molecule is COCCn1nc(C(=O)NCC(C)(C)c2ccccc2C)ccc1=O. The number of ether oxygens (including phenoxy) is 1. The van der Waals surface area contributed by atoms with Gasteiger partial charge in [0, 0.05) is 25.1 Å². The van der Waals surface area contributed by atoms with E-state index in [1.807, 2.05) is 12.1 Å². The van der Waals surface area contributed by atoms with Crippen LogP contribution in [0.5, 0.6) is 0 Å². The van der Waals surface area contributed by atoms with Gasteiger partial charge in [-0.15, -0.1) is 0 Å². The van der Waals surface area contributed by atoms with Crippen LogP contribution in [0.3, 0.4) is 0 Å². The molecule has 1 aromatic carbocycles. The van der Waals surface area contributed by atoms with Gasteiger partial charge >= 0.3 is 0 Å². The first-order valence-corrected chi connectivity index (χ1v) is 8.26. The Labute approximate surface area is 147 Å². The van der Waals surface area contributed by atoms with Gasteiger partial charge in [-0.1, -0.05) is 38.1 Å². The fourth-order valence-corrected chi connectivity index (χ4v) is 2.73. The van der Waals surface area contributed by atoms with E-state index in [0.29, 0.717) is 19.7 Å². The van der Waals surface area contributed by atoms with Crippen molar-refractivity contribution in [1.29, 1.82) is 0 Å². The zero-order chi connectivity index (χ0) is 18.4. The van der Waals surface area contributed by atoms with E-state index in [0.717, 1.165) is 0 Å². The van der Waals surface area contributed by atoms with E-state index >= 15 is 0 Å². The van der Waals surface area contributed by atoms with Crippen LogP contribution in [0.1, 0.15) is 35.5 Å². The van der Waals surface area contributed by atoms with Gasteiger partial charge in [-0.25, -0.2) is 4.68 Å². The minimum atomic E-state index is -0.298. The third kappa shape index (κ3) is 4.76. The number of carbonyl (C=O) groups is 1. The standard InChI is InChI=1S/C19H25N3O3/c1-14-7-5-6-8-15(14)19(2,3)13-20-18(24)16-9-10-17(23)22(21-16)11-12-25-4/h5-10H,11-13H2,1-4H3,(H,20,24). The van der Waals surface area contributed by atoms with Crippen LogP contribution in [0.15, 0.2) is 41.2 Å². The summed E-state index contributed by atoms with van der Waals surface area (Å²) in [6.07, 6.45) is 0. The smallest absolute Gasteiger partial charge is 0.271 e. The highest BCUT2D eigenvalue weighted by atomic mass is 16.5. The minimum absolute atomic E-state index is 0.217. The Balaban J connectivity index is 2.09. The summed E-state index contributed by atoms with van der Waals surface area (Å²) < 4.78 is 6.19. The first kappa shape index (κ1) is 18.9. The van der Waals surface area contributed by atoms with Crippen molar-refractivity contribution in [2.75, 3.05) is 20.3 Å². The van der Waals surface area contributed by atoms with Crippen molar-refractivity contribution in [1.82, 2.24) is 15.1 Å². The number of rotatable bonds is 7. The second-order valence-corrected chi connectivity index (χ2v) is 6.65. The summed E-state index contributed by atoms with van der Waals surface area (Å²) >= 11 is 0. The van der Waals surface area contributed by atoms with Crippen LogP contribution < -0.4 is 10.9 Å². The Kier molecular flexibility index (Phi) is 6.09. The number of aromatic nitrogens is 2. The maximum absolute atomic E-state index is 12.4. The number of aryl methyl sites for hydroxylation is 1. The molecule has 0 radical (unpaired) electrons. The number of hydrogen-bond donors (Lipinski definition) is 1. The summed E-state index contributed by atoms with van der Waals surface area (Å²) in [6.45, 7) is 7.37. The van der Waals surface area contributed by atoms with Crippen LogP contribution in [-0.4, -0.2) is 35.9 Å². The molecule has 0 unspecified atom stereocenters. The molecule has 0 aliphatic rings. The number of methoxy groups -OCH3 is 1. The van der Waals surface area contributed by atoms with Crippen LogP contribution in [0.25, 0.3) is 0 Å². The fourth-order valence-electron chi connectivity index (χ4n) is 2.73. The van der Waals surface area contributed by atoms with E-state index in [1.165, 1.54) is 27.9 Å². The normalized spacial score (nSPS) is 11.4. The third-order valence-electron chi connectivity index (χ3n) is 4.17. The summed E-state index contributed by atoms with van der Waals surface area (Å²) in [4.78, 5) is 24.2. The maximum Gasteiger partial charge on any atom is 0.271 e. The zero-order valence-electron chi connectivity index (χ0n) is 15.2. The highest BCUT2D eigenvalue weighted by Crippen LogP contribution is 2.25. The van der Waals surface area contributed by atoms with Crippen molar-refractivity contribution in [3.63, 3.8) is 0 Å². The molecule has 2 rings (SSSR count). The van der Waals surface area contributed by atoms with Crippen molar-refractivity contribution >= 4 is 5.91 Å². The molecular weight excluding hydrogens is 318 g/mol. The number of amides is 1. The van der Waals surface area contributed by atoms with Crippen LogP contribution in [0.4, 0.5) is 0 Å². The first-order chi connectivity index (χ1) is 11.8. The van der Waals surface area contributed by atoms with Crippen molar-refractivity contribution in [3.05, 3.63) is 63.6 Å². The molecule has 0 fully saturated rings. The topological polar surface area (TPSA) is 73.2 Å². The molecule has 2 aromatic rings. The van der Waals surface area contributed by atoms with Gasteiger partial charge in [-0.3, -0.25) is 9.59 Å². The lowest BCUT2D eigenvalue weighted by atomic mass is 9.82. The Morgan fingerprint density at radius 3 is 2.64 bits per heavy atom. The van der Waals surface area contributed by atoms with Crippen molar-refractivity contribution < 1.29 is 9.53 Å². The third-order valence-corrected chi connectivity index (χ3v) is 4.17. The highest BCUT2D eigenvalue weighted by Gasteiger charge is 2.23. The number of nitrogens with one attached hydrogen (secondary N) is 1. The van der Waals surface area contributed by atoms with Crippen molar-refractivity contribution in [2.45, 2.75) is 32.7 Å². The van der Waals surface area contributed by atoms with E-state index in [1.54, 1.807) is 7.11 Å². The predicted molar refractivity (Wildman–Crippen MR) is 96.9 cm³/mol. The van der Waals surface area contributed by atoms with Crippen molar-refractivity contribution in [3.8, 4) is 0 Å². The Hall–Kier alpha value is -2.47. The van der Waals surface area contributed by atoms with E-state index in [2.05, 4.69) is 43.3 Å². The molecule has 25 heavy (non-hydrogen) atoms. The molecule has 0 saturated carbocycles. The van der Waals surface area contributed by atoms with Crippen LogP contribution in [0.2, 0.25) is 0 Å². The Bertz CT molecular complexity index is 796. The average molecular weight is 343 g/mol. The molecule has 6 nitrogen and oxygen atoms in total. The van der Waals surface area contributed by atoms with Gasteiger partial charge in [-0.2, -0.15) is 5.10 Å². The molecule has 1 N–H and O–H groups in total. The number of benzene rings is 1. The van der Waals surface area contributed by atoms with E-state index < -0.39 is 0 Å². The molecule has 134 valence electrons. The number of hydrogen-bond acceptors (Lipinski definition) is 4. The van der Waals surface area contributed by atoms with E-state index in [-0.39, 0.29) is 22.6 Å². The zero-order valence-corrected chi connectivity index (χ0v) is 15.2. The van der Waals surface area contributed by atoms with Crippen molar-refractivity contribution in [2.24, 2.45) is 0 Å². The quantitative estimate of drug-likeness (QED) is 0.833. The second-order valence-electron chi connectivity index (χ2n) is 6.65. The second kappa shape index (κ2) is 8.07. The Morgan fingerprint density at radius 2 is 1.96 bits per heavy atom. The summed E-state index contributed by atoms with van der Waals surface area (Å²) in [7, 11) is 1.55. The molecule has 0 aliphatic carbocycles. The lowest BCUT2D eigenvalue weighted by Gasteiger charge is -2.27. The first-order valence-electron chi connectivity index (χ1n) is 8.26. The number of nitrogens with zero attached hydrogens (tertiary/aromatic N) is 2. The molecule has 0 bridgehead atoms. The molecule has 0 spiro atoms. The summed E-state index contributed by atoms with van der Waals surface area (Å²) in [6, 6.07) is 10.9. The Morgan fingerprint density at radius 1 is 1.24 bits per heavy atom. The monoisotopic (exact) mass is 343 g/mol. The summed E-state index contributed by atoms with van der Waals surface area (Å²) in [5, 5.41) is 7.03. The molecule has 0 saturated heterocycles. The fraction of sp³-hybridized carbons (Fsp3) is 0.421. The van der Waals surface area contributed by atoms with Crippen LogP contribution in [-0.2, 0) is 16.7 Å². The molecule has 1 aromatic heterocycles. The molecule has 1 amide bonds. The molecule has 0 atom stereocenters. The van der Waals surface area contributed by atoms with Gasteiger partial charge in [0.05, 0.1) is 13.2 Å². The number of carbonyl (C=O) groups excluding carboxylic acids is 1. The molecule has 1 heterocycles. The average Bonchev–Trinajstić information content (AvgIpc) is 2.59. The predicted octanol–water partition coefficient (Wildman–Crippen LogP) is 1.91. The molecule has 6 heteroatoms. The summed E-state index contributed by atoms with van der Waals surface area (Å²) in [5.41, 5.74) is 2.12. The van der Waals surface area contributed by atoms with Crippen LogP contribution >= 0.6 is 0 Å². The summed E-state index contributed by atoms with van der Waals surface area (Å²) in [5.74, 6) is -0.298. The molecular formula is C19H25N3O3. The van der Waals surface area contributed by atoms with Gasteiger partial charge < -0.3 is 10.1 Å².